The summed E-state index contributed by atoms with van der Waals surface area (Å²) in [5.41, 5.74) is -0.262. The summed E-state index contributed by atoms with van der Waals surface area (Å²) in [5, 5.41) is 12.7. The summed E-state index contributed by atoms with van der Waals surface area (Å²) >= 11 is 5.77. The zero-order valence-corrected chi connectivity index (χ0v) is 15.7. The standard InChI is InChI=1S/C17H23ClN2O2S/c1-16(2,3)12-17(4,5)20-11-15(10-19)23(21,22)14-8-6-13(18)7-9-14/h6-9,11,20H,12H2,1-5H3. The zero-order valence-electron chi connectivity index (χ0n) is 14.1. The van der Waals surface area contributed by atoms with E-state index in [1.807, 2.05) is 13.8 Å². The Morgan fingerprint density at radius 2 is 1.74 bits per heavy atom. The van der Waals surface area contributed by atoms with Gasteiger partial charge in [0.05, 0.1) is 4.90 Å². The van der Waals surface area contributed by atoms with Crippen LogP contribution >= 0.6 is 11.6 Å². The Bertz CT molecular complexity index is 721. The molecule has 4 nitrogen and oxygen atoms in total. The Labute approximate surface area is 144 Å². The molecule has 1 aromatic rings. The van der Waals surface area contributed by atoms with Crippen LogP contribution in [-0.2, 0) is 9.84 Å². The van der Waals surface area contributed by atoms with E-state index in [2.05, 4.69) is 26.1 Å². The van der Waals surface area contributed by atoms with E-state index in [-0.39, 0.29) is 20.8 Å². The quantitative estimate of drug-likeness (QED) is 0.801. The molecule has 0 radical (unpaired) electrons. The minimum absolute atomic E-state index is 0.0464. The summed E-state index contributed by atoms with van der Waals surface area (Å²) in [6.45, 7) is 10.3. The van der Waals surface area contributed by atoms with E-state index in [1.54, 1.807) is 6.07 Å². The van der Waals surface area contributed by atoms with Gasteiger partial charge in [0.15, 0.2) is 4.91 Å². The van der Waals surface area contributed by atoms with E-state index in [4.69, 9.17) is 11.6 Å². The van der Waals surface area contributed by atoms with Crippen molar-refractivity contribution in [2.75, 3.05) is 0 Å². The van der Waals surface area contributed by atoms with Crippen molar-refractivity contribution in [2.45, 2.75) is 51.5 Å². The first-order chi connectivity index (χ1) is 10.4. The van der Waals surface area contributed by atoms with Crippen molar-refractivity contribution in [1.29, 1.82) is 5.26 Å². The van der Waals surface area contributed by atoms with Crippen LogP contribution in [0, 0.1) is 16.7 Å². The summed E-state index contributed by atoms with van der Waals surface area (Å²) in [5.74, 6) is 0. The average molecular weight is 355 g/mol. The van der Waals surface area contributed by atoms with Crippen LogP contribution in [0.4, 0.5) is 0 Å². The van der Waals surface area contributed by atoms with E-state index in [0.29, 0.717) is 5.02 Å². The van der Waals surface area contributed by atoms with Crippen molar-refractivity contribution >= 4 is 21.4 Å². The molecule has 6 heteroatoms. The molecule has 0 aromatic heterocycles. The molecular weight excluding hydrogens is 332 g/mol. The molecule has 0 saturated heterocycles. The van der Waals surface area contributed by atoms with Gasteiger partial charge >= 0.3 is 0 Å². The maximum absolute atomic E-state index is 12.5. The Morgan fingerprint density at radius 3 is 2.17 bits per heavy atom. The van der Waals surface area contributed by atoms with E-state index >= 15 is 0 Å². The van der Waals surface area contributed by atoms with Crippen molar-refractivity contribution in [3.63, 3.8) is 0 Å². The lowest BCUT2D eigenvalue weighted by Gasteiger charge is -2.33. The van der Waals surface area contributed by atoms with Crippen LogP contribution in [0.5, 0.6) is 0 Å². The second kappa shape index (κ2) is 6.94. The fraction of sp³-hybridized carbons (Fsp3) is 0.471. The fourth-order valence-corrected chi connectivity index (χ4v) is 3.76. The number of rotatable bonds is 5. The third-order valence-corrected chi connectivity index (χ3v) is 5.02. The molecule has 126 valence electrons. The first-order valence-corrected chi connectivity index (χ1v) is 9.12. The fourth-order valence-electron chi connectivity index (χ4n) is 2.55. The molecule has 0 bridgehead atoms. The average Bonchev–Trinajstić information content (AvgIpc) is 2.36. The van der Waals surface area contributed by atoms with Gasteiger partial charge in [-0.25, -0.2) is 8.42 Å². The number of benzene rings is 1. The van der Waals surface area contributed by atoms with Crippen molar-refractivity contribution in [3.8, 4) is 6.07 Å². The summed E-state index contributed by atoms with van der Waals surface area (Å²) < 4.78 is 25.0. The maximum Gasteiger partial charge on any atom is 0.218 e. The highest BCUT2D eigenvalue weighted by molar-refractivity contribution is 7.95. The summed E-state index contributed by atoms with van der Waals surface area (Å²) in [4.78, 5) is -0.271. The number of nitriles is 1. The van der Waals surface area contributed by atoms with Crippen LogP contribution in [-0.4, -0.2) is 14.0 Å². The molecule has 0 aliphatic heterocycles. The molecular formula is C17H23ClN2O2S. The maximum atomic E-state index is 12.5. The lowest BCUT2D eigenvalue weighted by Crippen LogP contribution is -2.39. The number of nitrogens with one attached hydrogen (secondary N) is 1. The summed E-state index contributed by atoms with van der Waals surface area (Å²) in [7, 11) is -3.86. The van der Waals surface area contributed by atoms with Gasteiger partial charge in [-0.1, -0.05) is 32.4 Å². The van der Waals surface area contributed by atoms with Gasteiger partial charge in [-0.3, -0.25) is 0 Å². The molecule has 1 N–H and O–H groups in total. The molecule has 0 amide bonds. The lowest BCUT2D eigenvalue weighted by molar-refractivity contribution is 0.261. The molecule has 1 aromatic carbocycles. The lowest BCUT2D eigenvalue weighted by atomic mass is 9.82. The number of hydrogen-bond donors (Lipinski definition) is 1. The van der Waals surface area contributed by atoms with Gasteiger partial charge in [0.25, 0.3) is 0 Å². The predicted molar refractivity (Wildman–Crippen MR) is 93.6 cm³/mol. The van der Waals surface area contributed by atoms with Crippen LogP contribution < -0.4 is 5.32 Å². The molecule has 1 rings (SSSR count). The monoisotopic (exact) mass is 354 g/mol. The molecule has 0 unspecified atom stereocenters. The highest BCUT2D eigenvalue weighted by Gasteiger charge is 2.26. The number of sulfone groups is 1. The highest BCUT2D eigenvalue weighted by atomic mass is 35.5. The minimum atomic E-state index is -3.86. The van der Waals surface area contributed by atoms with Gasteiger partial charge in [0.2, 0.25) is 9.84 Å². The van der Waals surface area contributed by atoms with Crippen molar-refractivity contribution in [3.05, 3.63) is 40.4 Å². The van der Waals surface area contributed by atoms with Crippen molar-refractivity contribution < 1.29 is 8.42 Å². The SMILES string of the molecule is CC(C)(C)CC(C)(C)NC=C(C#N)S(=O)(=O)c1ccc(Cl)cc1. The molecule has 0 aliphatic rings. The summed E-state index contributed by atoms with van der Waals surface area (Å²) in [6, 6.07) is 7.53. The molecule has 0 atom stereocenters. The van der Waals surface area contributed by atoms with Crippen molar-refractivity contribution in [1.82, 2.24) is 5.32 Å². The predicted octanol–water partition coefficient (Wildman–Crippen LogP) is 4.28. The Morgan fingerprint density at radius 1 is 1.22 bits per heavy atom. The zero-order chi connectivity index (χ0) is 17.9. The second-order valence-electron chi connectivity index (χ2n) is 7.34. The molecule has 0 spiro atoms. The van der Waals surface area contributed by atoms with E-state index < -0.39 is 9.84 Å². The van der Waals surface area contributed by atoms with Gasteiger partial charge in [0, 0.05) is 16.8 Å². The Balaban J connectivity index is 3.08. The minimum Gasteiger partial charge on any atom is -0.384 e. The Hall–Kier alpha value is -1.51. The van der Waals surface area contributed by atoms with E-state index in [9.17, 15) is 13.7 Å². The van der Waals surface area contributed by atoms with Crippen LogP contribution in [0.2, 0.25) is 5.02 Å². The van der Waals surface area contributed by atoms with Crippen LogP contribution in [0.3, 0.4) is 0 Å². The second-order valence-corrected chi connectivity index (χ2v) is 9.70. The molecule has 23 heavy (non-hydrogen) atoms. The van der Waals surface area contributed by atoms with E-state index in [1.165, 1.54) is 30.5 Å². The molecule has 0 saturated carbocycles. The van der Waals surface area contributed by atoms with Gasteiger partial charge in [-0.15, -0.1) is 0 Å². The number of allylic oxidation sites excluding steroid dienone is 1. The number of nitrogens with zero attached hydrogens (tertiary/aromatic N) is 1. The van der Waals surface area contributed by atoms with Crippen molar-refractivity contribution in [2.24, 2.45) is 5.41 Å². The summed E-state index contributed by atoms with van der Waals surface area (Å²) in [6.07, 6.45) is 2.10. The molecule has 0 heterocycles. The first-order valence-electron chi connectivity index (χ1n) is 7.26. The smallest absolute Gasteiger partial charge is 0.218 e. The van der Waals surface area contributed by atoms with Gasteiger partial charge in [-0.2, -0.15) is 5.26 Å². The van der Waals surface area contributed by atoms with Crippen LogP contribution in [0.15, 0.2) is 40.3 Å². The first kappa shape index (κ1) is 19.5. The van der Waals surface area contributed by atoms with Gasteiger partial charge in [-0.05, 0) is 49.9 Å². The van der Waals surface area contributed by atoms with Crippen LogP contribution in [0.25, 0.3) is 0 Å². The number of halogens is 1. The molecule has 0 fully saturated rings. The third-order valence-electron chi connectivity index (χ3n) is 3.09. The third kappa shape index (κ3) is 5.89. The topological polar surface area (TPSA) is 70.0 Å². The highest BCUT2D eigenvalue weighted by Crippen LogP contribution is 2.27. The van der Waals surface area contributed by atoms with Crippen LogP contribution in [0.1, 0.15) is 41.0 Å². The largest absolute Gasteiger partial charge is 0.384 e. The number of hydrogen-bond acceptors (Lipinski definition) is 4. The van der Waals surface area contributed by atoms with Gasteiger partial charge < -0.3 is 5.32 Å². The normalized spacial score (nSPS) is 13.5. The molecule has 0 aliphatic carbocycles. The van der Waals surface area contributed by atoms with E-state index in [0.717, 1.165) is 6.42 Å². The Kier molecular flexibility index (Phi) is 5.89. The van der Waals surface area contributed by atoms with Gasteiger partial charge in [0.1, 0.15) is 6.07 Å².